The van der Waals surface area contributed by atoms with Crippen LogP contribution in [-0.4, -0.2) is 36.0 Å². The lowest BCUT2D eigenvalue weighted by Gasteiger charge is -2.05. The van der Waals surface area contributed by atoms with Crippen molar-refractivity contribution in [3.8, 4) is 0 Å². The van der Waals surface area contributed by atoms with Crippen molar-refractivity contribution in [2.24, 2.45) is 5.73 Å². The smallest absolute Gasteiger partial charge is 0.452 e. The molecular weight excluding hydrogens is 223 g/mol. The number of hydrogen-bond acceptors (Lipinski definition) is 5. The van der Waals surface area contributed by atoms with Gasteiger partial charge in [0.25, 0.3) is 0 Å². The second-order valence-electron chi connectivity index (χ2n) is 2.86. The van der Waals surface area contributed by atoms with E-state index in [4.69, 9.17) is 10.8 Å². The van der Waals surface area contributed by atoms with Crippen LogP contribution in [0.25, 0.3) is 0 Å². The molecule has 0 aliphatic carbocycles. The van der Waals surface area contributed by atoms with Gasteiger partial charge in [0.05, 0.1) is 7.11 Å². The minimum absolute atomic E-state index is 0.421. The van der Waals surface area contributed by atoms with E-state index in [0.29, 0.717) is 0 Å². The Kier molecular flexibility index (Phi) is 6.00. The molecule has 15 heavy (non-hydrogen) atoms. The van der Waals surface area contributed by atoms with Gasteiger partial charge < -0.3 is 9.84 Å². The van der Waals surface area contributed by atoms with E-state index in [1.165, 1.54) is 14.0 Å². The Hall–Kier alpha value is -1.04. The van der Waals surface area contributed by atoms with Crippen LogP contribution in [-0.2, 0) is 18.9 Å². The Bertz CT molecular complexity index is 270. The van der Waals surface area contributed by atoms with E-state index in [9.17, 15) is 14.2 Å². The fourth-order valence-electron chi connectivity index (χ4n) is 0.778. The van der Waals surface area contributed by atoms with Crippen molar-refractivity contribution in [2.45, 2.75) is 25.2 Å². The third kappa shape index (κ3) is 5.41. The predicted octanol–water partition coefficient (Wildman–Crippen LogP) is -0.361. The zero-order valence-electron chi connectivity index (χ0n) is 8.47. The van der Waals surface area contributed by atoms with Crippen LogP contribution in [0.2, 0.25) is 0 Å². The van der Waals surface area contributed by atoms with Crippen molar-refractivity contribution in [3.05, 3.63) is 0 Å². The Morgan fingerprint density at radius 2 is 2.13 bits per heavy atom. The summed E-state index contributed by atoms with van der Waals surface area (Å²) in [4.78, 5) is 21.2. The van der Waals surface area contributed by atoms with Gasteiger partial charge in [0.15, 0.2) is 0 Å². The zero-order chi connectivity index (χ0) is 12.0. The quantitative estimate of drug-likeness (QED) is 0.426. The highest BCUT2D eigenvalue weighted by atomic mass is 31.1. The first kappa shape index (κ1) is 14.0. The van der Waals surface area contributed by atoms with Crippen LogP contribution < -0.4 is 10.8 Å². The van der Waals surface area contributed by atoms with E-state index in [1.54, 1.807) is 0 Å². The molecule has 4 N–H and O–H groups in total. The molecule has 0 aliphatic heterocycles. The monoisotopic (exact) mass is 237 g/mol. The molecule has 0 rings (SSSR count). The summed E-state index contributed by atoms with van der Waals surface area (Å²) >= 11 is 0. The highest BCUT2D eigenvalue weighted by Crippen LogP contribution is 2.22. The van der Waals surface area contributed by atoms with Gasteiger partial charge in [0.1, 0.15) is 12.5 Å². The number of methoxy groups -OCH3 is 1. The number of ether oxygens (including phenoxy) is 1. The largest absolute Gasteiger partial charge is 0.481 e. The Balaban J connectivity index is 4.12. The highest BCUT2D eigenvalue weighted by molar-refractivity contribution is 7.43. The van der Waals surface area contributed by atoms with Crippen LogP contribution in [0.15, 0.2) is 0 Å². The molecule has 0 heterocycles. The number of carboxylic acids is 1. The molecule has 0 aromatic carbocycles. The van der Waals surface area contributed by atoms with E-state index < -0.39 is 38.1 Å². The lowest BCUT2D eigenvalue weighted by atomic mass is 10.4. The van der Waals surface area contributed by atoms with Crippen LogP contribution in [0.1, 0.15) is 13.3 Å². The van der Waals surface area contributed by atoms with Crippen molar-refractivity contribution in [1.82, 2.24) is 5.09 Å². The molecule has 86 valence electrons. The highest BCUT2D eigenvalue weighted by Gasteiger charge is 2.33. The SMILES string of the molecule is COC(=O)C(C)N[P+](=O)C(N)CC(=O)O. The Labute approximate surface area is 87.8 Å². The van der Waals surface area contributed by atoms with Gasteiger partial charge in [0.2, 0.25) is 5.78 Å². The van der Waals surface area contributed by atoms with Gasteiger partial charge in [-0.05, 0) is 11.5 Å². The average Bonchev–Trinajstić information content (AvgIpc) is 2.15. The number of rotatable bonds is 6. The maximum Gasteiger partial charge on any atom is 0.452 e. The molecule has 0 saturated carbocycles. The number of carboxylic acid groups (broad SMARTS) is 1. The number of aliphatic carboxylic acids is 1. The minimum Gasteiger partial charge on any atom is -0.481 e. The van der Waals surface area contributed by atoms with Crippen molar-refractivity contribution in [2.75, 3.05) is 7.11 Å². The van der Waals surface area contributed by atoms with Gasteiger partial charge in [-0.25, -0.2) is 0 Å². The topological polar surface area (TPSA) is 119 Å². The molecule has 0 radical (unpaired) electrons. The summed E-state index contributed by atoms with van der Waals surface area (Å²) in [5.41, 5.74) is 5.33. The molecule has 0 aromatic heterocycles. The third-order valence-electron chi connectivity index (χ3n) is 1.56. The molecule has 0 amide bonds. The molecule has 0 bridgehead atoms. The number of hydrogen-bond donors (Lipinski definition) is 3. The summed E-state index contributed by atoms with van der Waals surface area (Å²) in [7, 11) is -0.957. The second-order valence-corrected chi connectivity index (χ2v) is 4.44. The fraction of sp³-hybridized carbons (Fsp3) is 0.714. The Morgan fingerprint density at radius 3 is 2.53 bits per heavy atom. The summed E-state index contributed by atoms with van der Waals surface area (Å²) < 4.78 is 15.7. The Morgan fingerprint density at radius 1 is 1.60 bits per heavy atom. The van der Waals surface area contributed by atoms with Crippen LogP contribution in [0.4, 0.5) is 0 Å². The molecule has 3 atom stereocenters. The molecule has 0 aromatic rings. The molecule has 0 saturated heterocycles. The number of nitrogens with one attached hydrogen (secondary N) is 1. The molecule has 0 fully saturated rings. The maximum atomic E-state index is 11.4. The molecule has 0 aliphatic rings. The van der Waals surface area contributed by atoms with Gasteiger partial charge in [-0.3, -0.25) is 15.3 Å². The average molecular weight is 237 g/mol. The van der Waals surface area contributed by atoms with E-state index in [2.05, 4.69) is 9.82 Å². The van der Waals surface area contributed by atoms with E-state index in [1.807, 2.05) is 0 Å². The van der Waals surface area contributed by atoms with Crippen molar-refractivity contribution >= 4 is 19.9 Å². The van der Waals surface area contributed by atoms with Crippen molar-refractivity contribution < 1.29 is 24.0 Å². The lowest BCUT2D eigenvalue weighted by Crippen LogP contribution is -2.34. The number of carbonyl (C=O) groups excluding carboxylic acids is 1. The molecule has 3 unspecified atom stereocenters. The standard InChI is InChI=1S/C7H13N2O5P/c1-4(7(12)14-2)9-15(13)5(8)3-6(10)11/h4-5H,3,8H2,1-2H3,(H-,9,10,11,13)/p+1. The first-order chi connectivity index (χ1) is 6.88. The van der Waals surface area contributed by atoms with Gasteiger partial charge >= 0.3 is 19.9 Å². The van der Waals surface area contributed by atoms with Crippen LogP contribution in [0.5, 0.6) is 0 Å². The summed E-state index contributed by atoms with van der Waals surface area (Å²) in [6, 6.07) is -0.779. The first-order valence-corrected chi connectivity index (χ1v) is 5.49. The van der Waals surface area contributed by atoms with Gasteiger partial charge in [-0.2, -0.15) is 0 Å². The summed E-state index contributed by atoms with van der Waals surface area (Å²) in [5, 5.41) is 10.8. The van der Waals surface area contributed by atoms with Crippen LogP contribution in [0, 0.1) is 0 Å². The van der Waals surface area contributed by atoms with E-state index in [0.717, 1.165) is 0 Å². The second kappa shape index (κ2) is 6.44. The number of esters is 1. The van der Waals surface area contributed by atoms with Crippen LogP contribution >= 0.6 is 7.95 Å². The molecule has 8 heteroatoms. The minimum atomic E-state index is -2.16. The van der Waals surface area contributed by atoms with Gasteiger partial charge in [-0.1, -0.05) is 5.09 Å². The summed E-state index contributed by atoms with van der Waals surface area (Å²) in [6.07, 6.45) is -0.421. The zero-order valence-corrected chi connectivity index (χ0v) is 9.36. The number of nitrogens with two attached hydrogens (primary N) is 1. The molecule has 0 spiro atoms. The first-order valence-electron chi connectivity index (χ1n) is 4.16. The molecule has 7 nitrogen and oxygen atoms in total. The van der Waals surface area contributed by atoms with E-state index in [-0.39, 0.29) is 0 Å². The predicted molar refractivity (Wildman–Crippen MR) is 52.4 cm³/mol. The van der Waals surface area contributed by atoms with Crippen LogP contribution in [0.3, 0.4) is 0 Å². The number of carbonyl (C=O) groups is 2. The van der Waals surface area contributed by atoms with Crippen molar-refractivity contribution in [3.63, 3.8) is 0 Å². The normalized spacial score (nSPS) is 15.3. The maximum absolute atomic E-state index is 11.4. The van der Waals surface area contributed by atoms with Gasteiger partial charge in [-0.15, -0.1) is 0 Å². The third-order valence-corrected chi connectivity index (χ3v) is 2.99. The lowest BCUT2D eigenvalue weighted by molar-refractivity contribution is -0.142. The summed E-state index contributed by atoms with van der Waals surface area (Å²) in [5.74, 6) is -2.75. The fourth-order valence-corrected chi connectivity index (χ4v) is 1.78. The van der Waals surface area contributed by atoms with Crippen molar-refractivity contribution in [1.29, 1.82) is 0 Å². The van der Waals surface area contributed by atoms with E-state index >= 15 is 0 Å². The molecular formula is C7H14N2O5P+. The van der Waals surface area contributed by atoms with Gasteiger partial charge in [0, 0.05) is 0 Å². The summed E-state index contributed by atoms with van der Waals surface area (Å²) in [6.45, 7) is 1.45.